The predicted molar refractivity (Wildman–Crippen MR) is 63.7 cm³/mol. The fraction of sp³-hybridized carbons (Fsp3) is 0.385. The summed E-state index contributed by atoms with van der Waals surface area (Å²) in [4.78, 5) is 16.4. The molecule has 3 heteroatoms. The van der Waals surface area contributed by atoms with Gasteiger partial charge < -0.3 is 4.40 Å². The molecule has 0 aliphatic heterocycles. The van der Waals surface area contributed by atoms with E-state index in [1.807, 2.05) is 50.4 Å². The summed E-state index contributed by atoms with van der Waals surface area (Å²) >= 11 is 0. The second-order valence-corrected chi connectivity index (χ2v) is 5.18. The smallest absolute Gasteiger partial charge is 0.188 e. The summed E-state index contributed by atoms with van der Waals surface area (Å²) in [6, 6.07) is 3.92. The van der Waals surface area contributed by atoms with E-state index >= 15 is 0 Å². The second kappa shape index (κ2) is 3.44. The number of rotatable bonds is 1. The maximum absolute atomic E-state index is 12.0. The summed E-state index contributed by atoms with van der Waals surface area (Å²) in [6.07, 6.45) is 3.78. The zero-order valence-corrected chi connectivity index (χ0v) is 10.1. The van der Waals surface area contributed by atoms with Gasteiger partial charge in [0.2, 0.25) is 0 Å². The highest BCUT2D eigenvalue weighted by Gasteiger charge is 2.25. The first kappa shape index (κ1) is 10.9. The van der Waals surface area contributed by atoms with Gasteiger partial charge in [-0.1, -0.05) is 26.8 Å². The van der Waals surface area contributed by atoms with Crippen molar-refractivity contribution in [2.75, 3.05) is 0 Å². The molecular formula is C13H16N2O. The third-order valence-electron chi connectivity index (χ3n) is 2.51. The van der Waals surface area contributed by atoms with Crippen molar-refractivity contribution >= 4 is 11.4 Å². The van der Waals surface area contributed by atoms with E-state index in [0.717, 1.165) is 11.2 Å². The lowest BCUT2D eigenvalue weighted by atomic mass is 9.89. The molecule has 0 aliphatic rings. The molecule has 0 saturated heterocycles. The fourth-order valence-corrected chi connectivity index (χ4v) is 1.60. The van der Waals surface area contributed by atoms with E-state index in [-0.39, 0.29) is 11.2 Å². The van der Waals surface area contributed by atoms with Crippen LogP contribution in [0.2, 0.25) is 0 Å². The summed E-state index contributed by atoms with van der Waals surface area (Å²) in [5.74, 6) is 0.0776. The van der Waals surface area contributed by atoms with Crippen LogP contribution in [0.25, 0.3) is 5.65 Å². The van der Waals surface area contributed by atoms with Gasteiger partial charge in [0.15, 0.2) is 5.78 Å². The number of fused-ring (bicyclic) bond motifs is 1. The molecule has 16 heavy (non-hydrogen) atoms. The van der Waals surface area contributed by atoms with Gasteiger partial charge in [-0.15, -0.1) is 0 Å². The van der Waals surface area contributed by atoms with Crippen molar-refractivity contribution < 1.29 is 4.79 Å². The number of carbonyl (C=O) groups excluding carboxylic acids is 1. The van der Waals surface area contributed by atoms with Crippen LogP contribution in [0.15, 0.2) is 24.5 Å². The minimum atomic E-state index is -0.382. The summed E-state index contributed by atoms with van der Waals surface area (Å²) in [5, 5.41) is 0. The molecule has 0 atom stereocenters. The van der Waals surface area contributed by atoms with E-state index in [9.17, 15) is 4.79 Å². The lowest BCUT2D eigenvalue weighted by Gasteiger charge is -2.13. The molecule has 3 nitrogen and oxygen atoms in total. The average Bonchev–Trinajstić information content (AvgIpc) is 2.57. The third kappa shape index (κ3) is 1.85. The Kier molecular flexibility index (Phi) is 2.34. The molecule has 0 fully saturated rings. The Labute approximate surface area is 95.1 Å². The molecule has 0 saturated carbocycles. The molecule has 2 rings (SSSR count). The minimum Gasteiger partial charge on any atom is -0.306 e. The molecular weight excluding hydrogens is 200 g/mol. The molecule has 0 bridgehead atoms. The zero-order valence-electron chi connectivity index (χ0n) is 10.1. The average molecular weight is 216 g/mol. The first-order valence-electron chi connectivity index (χ1n) is 5.38. The highest BCUT2D eigenvalue weighted by Crippen LogP contribution is 2.20. The number of aromatic nitrogens is 2. The Balaban J connectivity index is 2.52. The van der Waals surface area contributed by atoms with Gasteiger partial charge in [0, 0.05) is 17.8 Å². The predicted octanol–water partition coefficient (Wildman–Crippen LogP) is 2.87. The number of hydrogen-bond donors (Lipinski definition) is 0. The van der Waals surface area contributed by atoms with Crippen LogP contribution in [-0.4, -0.2) is 15.2 Å². The Morgan fingerprint density at radius 1 is 1.25 bits per heavy atom. The lowest BCUT2D eigenvalue weighted by Crippen LogP contribution is -2.20. The number of nitrogens with zero attached hydrogens (tertiary/aromatic N) is 2. The molecule has 0 aliphatic carbocycles. The summed E-state index contributed by atoms with van der Waals surface area (Å²) in [5.41, 5.74) is 2.13. The van der Waals surface area contributed by atoms with E-state index in [4.69, 9.17) is 0 Å². The van der Waals surface area contributed by atoms with Crippen LogP contribution in [0.5, 0.6) is 0 Å². The van der Waals surface area contributed by atoms with Gasteiger partial charge in [0.25, 0.3) is 0 Å². The van der Waals surface area contributed by atoms with Crippen molar-refractivity contribution in [3.8, 4) is 0 Å². The van der Waals surface area contributed by atoms with E-state index in [2.05, 4.69) is 4.98 Å². The van der Waals surface area contributed by atoms with Crippen molar-refractivity contribution in [3.05, 3.63) is 35.8 Å². The van der Waals surface area contributed by atoms with Gasteiger partial charge in [-0.25, -0.2) is 4.98 Å². The van der Waals surface area contributed by atoms with Crippen molar-refractivity contribution in [1.82, 2.24) is 9.38 Å². The van der Waals surface area contributed by atoms with Crippen molar-refractivity contribution in [2.24, 2.45) is 5.41 Å². The monoisotopic (exact) mass is 216 g/mol. The highest BCUT2D eigenvalue weighted by molar-refractivity contribution is 5.98. The molecule has 0 N–H and O–H groups in total. The fourth-order valence-electron chi connectivity index (χ4n) is 1.60. The third-order valence-corrected chi connectivity index (χ3v) is 2.51. The summed E-state index contributed by atoms with van der Waals surface area (Å²) in [6.45, 7) is 7.74. The first-order valence-corrected chi connectivity index (χ1v) is 5.38. The van der Waals surface area contributed by atoms with Crippen molar-refractivity contribution in [1.29, 1.82) is 0 Å². The molecule has 2 aromatic heterocycles. The second-order valence-electron chi connectivity index (χ2n) is 5.18. The number of Topliss-reactive ketones (excluding diaryl/α,β-unsaturated/α-hetero) is 1. The molecule has 2 heterocycles. The standard InChI is InChI=1S/C13H16N2O/c1-9-5-6-11-14-10(8-15(11)7-9)12(16)13(2,3)4/h5-8H,1-4H3. The van der Waals surface area contributed by atoms with E-state index < -0.39 is 0 Å². The van der Waals surface area contributed by atoms with Gasteiger partial charge >= 0.3 is 0 Å². The normalized spacial score (nSPS) is 12.0. The van der Waals surface area contributed by atoms with Crippen LogP contribution in [-0.2, 0) is 0 Å². The molecule has 84 valence electrons. The van der Waals surface area contributed by atoms with Crippen molar-refractivity contribution in [3.63, 3.8) is 0 Å². The Bertz CT molecular complexity index is 547. The Morgan fingerprint density at radius 2 is 1.94 bits per heavy atom. The highest BCUT2D eigenvalue weighted by atomic mass is 16.1. The maximum atomic E-state index is 12.0. The Hall–Kier alpha value is -1.64. The van der Waals surface area contributed by atoms with Gasteiger partial charge in [-0.05, 0) is 18.6 Å². The number of hydrogen-bond acceptors (Lipinski definition) is 2. The first-order chi connectivity index (χ1) is 7.38. The largest absolute Gasteiger partial charge is 0.306 e. The van der Waals surface area contributed by atoms with E-state index in [1.165, 1.54) is 0 Å². The van der Waals surface area contributed by atoms with Crippen LogP contribution in [0, 0.1) is 12.3 Å². The number of pyridine rings is 1. The molecule has 0 radical (unpaired) electrons. The number of imidazole rings is 1. The Morgan fingerprint density at radius 3 is 2.56 bits per heavy atom. The molecule has 0 amide bonds. The molecule has 2 aromatic rings. The van der Waals surface area contributed by atoms with Crippen LogP contribution in [0.4, 0.5) is 0 Å². The number of aryl methyl sites for hydroxylation is 1. The summed E-state index contributed by atoms with van der Waals surface area (Å²) < 4.78 is 1.90. The van der Waals surface area contributed by atoms with Gasteiger partial charge in [0.05, 0.1) is 0 Å². The van der Waals surface area contributed by atoms with Gasteiger partial charge in [-0.3, -0.25) is 4.79 Å². The van der Waals surface area contributed by atoms with E-state index in [1.54, 1.807) is 6.20 Å². The lowest BCUT2D eigenvalue weighted by molar-refractivity contribution is 0.0853. The molecule has 0 aromatic carbocycles. The van der Waals surface area contributed by atoms with Crippen LogP contribution in [0.3, 0.4) is 0 Å². The van der Waals surface area contributed by atoms with Crippen molar-refractivity contribution in [2.45, 2.75) is 27.7 Å². The number of carbonyl (C=O) groups is 1. The van der Waals surface area contributed by atoms with Gasteiger partial charge in [0.1, 0.15) is 11.3 Å². The maximum Gasteiger partial charge on any atom is 0.188 e. The van der Waals surface area contributed by atoms with Gasteiger partial charge in [-0.2, -0.15) is 0 Å². The van der Waals surface area contributed by atoms with E-state index in [0.29, 0.717) is 5.69 Å². The SMILES string of the molecule is Cc1ccc2nc(C(=O)C(C)(C)C)cn2c1. The van der Waals surface area contributed by atoms with Crippen LogP contribution in [0.1, 0.15) is 36.8 Å². The zero-order chi connectivity index (χ0) is 11.9. The van der Waals surface area contributed by atoms with Crippen LogP contribution >= 0.6 is 0 Å². The molecule has 0 unspecified atom stereocenters. The minimum absolute atomic E-state index is 0.0776. The van der Waals surface area contributed by atoms with Crippen LogP contribution < -0.4 is 0 Å². The topological polar surface area (TPSA) is 34.4 Å². The number of ketones is 1. The molecule has 0 spiro atoms. The summed E-state index contributed by atoms with van der Waals surface area (Å²) in [7, 11) is 0. The quantitative estimate of drug-likeness (QED) is 0.687.